The quantitative estimate of drug-likeness (QED) is 0.652. The highest BCUT2D eigenvalue weighted by Gasteiger charge is 2.33. The number of pyridine rings is 1. The van der Waals surface area contributed by atoms with E-state index in [1.54, 1.807) is 12.1 Å². The van der Waals surface area contributed by atoms with Crippen LogP contribution in [0.5, 0.6) is 0 Å². The van der Waals surface area contributed by atoms with Gasteiger partial charge in [0.15, 0.2) is 11.5 Å². The lowest BCUT2D eigenvalue weighted by Gasteiger charge is -2.11. The van der Waals surface area contributed by atoms with Gasteiger partial charge in [0.25, 0.3) is 0 Å². The number of hydrogen-bond acceptors (Lipinski definition) is 5. The van der Waals surface area contributed by atoms with E-state index in [1.807, 2.05) is 11.4 Å². The number of alkyl halides is 3. The van der Waals surface area contributed by atoms with Crippen LogP contribution in [0.4, 0.5) is 19.0 Å². The molecule has 0 aliphatic heterocycles. The van der Waals surface area contributed by atoms with E-state index < -0.39 is 11.9 Å². The summed E-state index contributed by atoms with van der Waals surface area (Å²) >= 11 is 4.84. The molecule has 0 aliphatic carbocycles. The highest BCUT2D eigenvalue weighted by atomic mass is 79.9. The fourth-order valence-electron chi connectivity index (χ4n) is 1.94. The monoisotopic (exact) mass is 414 g/mol. The van der Waals surface area contributed by atoms with Crippen molar-refractivity contribution < 1.29 is 13.2 Å². The van der Waals surface area contributed by atoms with E-state index >= 15 is 0 Å². The van der Waals surface area contributed by atoms with Crippen LogP contribution >= 0.6 is 27.3 Å². The van der Waals surface area contributed by atoms with E-state index in [1.165, 1.54) is 23.7 Å². The average Bonchev–Trinajstić information content (AvgIpc) is 2.98. The van der Waals surface area contributed by atoms with E-state index in [4.69, 9.17) is 0 Å². The van der Waals surface area contributed by atoms with Gasteiger partial charge in [0.1, 0.15) is 5.82 Å². The van der Waals surface area contributed by atoms with Gasteiger partial charge in [0.05, 0.1) is 6.54 Å². The summed E-state index contributed by atoms with van der Waals surface area (Å²) < 4.78 is 40.2. The first-order valence-electron chi connectivity index (χ1n) is 6.75. The van der Waals surface area contributed by atoms with Crippen LogP contribution in [0.25, 0.3) is 11.4 Å². The maximum atomic E-state index is 13.1. The van der Waals surface area contributed by atoms with Crippen LogP contribution in [0, 0.1) is 0 Å². The van der Waals surface area contributed by atoms with Crippen LogP contribution < -0.4 is 5.32 Å². The molecule has 3 rings (SSSR count). The van der Waals surface area contributed by atoms with Gasteiger partial charge in [-0.15, -0.1) is 11.3 Å². The van der Waals surface area contributed by atoms with Crippen molar-refractivity contribution in [1.82, 2.24) is 15.0 Å². The number of nitrogens with one attached hydrogen (secondary N) is 1. The Kier molecular flexibility index (Phi) is 4.81. The zero-order valence-corrected chi connectivity index (χ0v) is 14.4. The molecule has 0 aromatic carbocycles. The first kappa shape index (κ1) is 16.8. The van der Waals surface area contributed by atoms with Gasteiger partial charge in [-0.05, 0) is 34.1 Å². The molecule has 3 aromatic heterocycles. The van der Waals surface area contributed by atoms with Gasteiger partial charge >= 0.3 is 6.18 Å². The number of nitrogens with zero attached hydrogens (tertiary/aromatic N) is 3. The van der Waals surface area contributed by atoms with Crippen molar-refractivity contribution in [2.45, 2.75) is 12.7 Å². The van der Waals surface area contributed by atoms with Crippen LogP contribution in [0.1, 0.15) is 10.6 Å². The highest BCUT2D eigenvalue weighted by Crippen LogP contribution is 2.31. The lowest BCUT2D eigenvalue weighted by atomic mass is 10.2. The summed E-state index contributed by atoms with van der Waals surface area (Å²) in [5.74, 6) is 0.121. The van der Waals surface area contributed by atoms with Crippen LogP contribution in [0.3, 0.4) is 0 Å². The third-order valence-electron chi connectivity index (χ3n) is 3.02. The topological polar surface area (TPSA) is 50.7 Å². The van der Waals surface area contributed by atoms with Gasteiger partial charge in [0.2, 0.25) is 0 Å². The van der Waals surface area contributed by atoms with E-state index in [9.17, 15) is 13.2 Å². The average molecular weight is 415 g/mol. The van der Waals surface area contributed by atoms with Crippen molar-refractivity contribution in [3.05, 3.63) is 57.1 Å². The van der Waals surface area contributed by atoms with Gasteiger partial charge < -0.3 is 5.32 Å². The van der Waals surface area contributed by atoms with Crippen molar-refractivity contribution in [2.24, 2.45) is 0 Å². The molecule has 24 heavy (non-hydrogen) atoms. The Morgan fingerprint density at radius 3 is 2.50 bits per heavy atom. The molecule has 4 nitrogen and oxygen atoms in total. The molecular formula is C15H10BrF3N4S. The fourth-order valence-corrected chi connectivity index (χ4v) is 3.33. The number of hydrogen-bond donors (Lipinski definition) is 1. The highest BCUT2D eigenvalue weighted by molar-refractivity contribution is 9.10. The number of thiophene rings is 1. The molecule has 0 atom stereocenters. The predicted octanol–water partition coefficient (Wildman–Crippen LogP) is 4.99. The minimum atomic E-state index is -4.55. The van der Waals surface area contributed by atoms with Crippen molar-refractivity contribution in [3.63, 3.8) is 0 Å². The van der Waals surface area contributed by atoms with E-state index in [0.29, 0.717) is 12.1 Å². The number of anilines is 1. The molecular weight excluding hydrogens is 405 g/mol. The van der Waals surface area contributed by atoms with Gasteiger partial charge in [-0.3, -0.25) is 4.98 Å². The van der Waals surface area contributed by atoms with Crippen molar-refractivity contribution >= 4 is 33.1 Å². The van der Waals surface area contributed by atoms with Crippen LogP contribution in [0.15, 0.2) is 46.5 Å². The first-order chi connectivity index (χ1) is 11.4. The third kappa shape index (κ3) is 4.09. The molecule has 0 unspecified atom stereocenters. The standard InChI is InChI=1S/C15H10BrF3N4S/c16-10-5-11(24-8-10)7-21-13-6-12(15(17,18)19)22-14(23-13)9-1-3-20-4-2-9/h1-6,8H,7H2,(H,21,22,23). The SMILES string of the molecule is FC(F)(F)c1cc(NCc2cc(Br)cs2)nc(-c2ccncc2)n1. The predicted molar refractivity (Wildman–Crippen MR) is 89.6 cm³/mol. The molecule has 0 aliphatic rings. The Bertz CT molecular complexity index is 836. The Morgan fingerprint density at radius 2 is 1.88 bits per heavy atom. The largest absolute Gasteiger partial charge is 0.433 e. The molecule has 3 heterocycles. The van der Waals surface area contributed by atoms with Crippen LogP contribution in [-0.4, -0.2) is 15.0 Å². The van der Waals surface area contributed by atoms with Gasteiger partial charge in [-0.2, -0.15) is 13.2 Å². The summed E-state index contributed by atoms with van der Waals surface area (Å²) in [6.45, 7) is 0.375. The zero-order valence-electron chi connectivity index (χ0n) is 12.0. The summed E-state index contributed by atoms with van der Waals surface area (Å²) in [5.41, 5.74) is -0.516. The molecule has 124 valence electrons. The Morgan fingerprint density at radius 1 is 1.12 bits per heavy atom. The molecule has 0 amide bonds. The van der Waals surface area contributed by atoms with Crippen molar-refractivity contribution in [1.29, 1.82) is 0 Å². The first-order valence-corrected chi connectivity index (χ1v) is 8.42. The maximum Gasteiger partial charge on any atom is 0.433 e. The molecule has 0 fully saturated rings. The second-order valence-corrected chi connectivity index (χ2v) is 6.69. The van der Waals surface area contributed by atoms with Gasteiger partial charge in [0, 0.05) is 38.8 Å². The second kappa shape index (κ2) is 6.86. The summed E-state index contributed by atoms with van der Waals surface area (Å²) in [5, 5.41) is 4.82. The molecule has 0 saturated heterocycles. The fraction of sp³-hybridized carbons (Fsp3) is 0.133. The second-order valence-electron chi connectivity index (χ2n) is 4.78. The normalized spacial score (nSPS) is 11.5. The molecule has 1 N–H and O–H groups in total. The zero-order chi connectivity index (χ0) is 17.2. The van der Waals surface area contributed by atoms with Crippen LogP contribution in [-0.2, 0) is 12.7 Å². The summed E-state index contributed by atoms with van der Waals surface area (Å²) in [7, 11) is 0. The maximum absolute atomic E-state index is 13.1. The molecule has 3 aromatic rings. The van der Waals surface area contributed by atoms with E-state index in [0.717, 1.165) is 15.4 Å². The Hall–Kier alpha value is -2.00. The Balaban J connectivity index is 1.92. The lowest BCUT2D eigenvalue weighted by molar-refractivity contribution is -0.141. The van der Waals surface area contributed by atoms with Gasteiger partial charge in [-0.1, -0.05) is 0 Å². The molecule has 0 spiro atoms. The summed E-state index contributed by atoms with van der Waals surface area (Å²) in [6, 6.07) is 5.94. The summed E-state index contributed by atoms with van der Waals surface area (Å²) in [6.07, 6.45) is -1.59. The lowest BCUT2D eigenvalue weighted by Crippen LogP contribution is -2.12. The number of aromatic nitrogens is 3. The Labute approximate surface area is 147 Å². The molecule has 0 saturated carbocycles. The minimum absolute atomic E-state index is 0.00193. The van der Waals surface area contributed by atoms with Crippen LogP contribution in [0.2, 0.25) is 0 Å². The van der Waals surface area contributed by atoms with Gasteiger partial charge in [-0.25, -0.2) is 9.97 Å². The molecule has 0 bridgehead atoms. The third-order valence-corrected chi connectivity index (χ3v) is 4.72. The smallest absolute Gasteiger partial charge is 0.365 e. The summed E-state index contributed by atoms with van der Waals surface area (Å²) in [4.78, 5) is 12.6. The van der Waals surface area contributed by atoms with E-state index in [-0.39, 0.29) is 11.6 Å². The molecule has 0 radical (unpaired) electrons. The molecule has 9 heteroatoms. The number of halogens is 4. The number of rotatable bonds is 4. The van der Waals surface area contributed by atoms with Crippen molar-refractivity contribution in [3.8, 4) is 11.4 Å². The van der Waals surface area contributed by atoms with Crippen molar-refractivity contribution in [2.75, 3.05) is 5.32 Å². The van der Waals surface area contributed by atoms with E-state index in [2.05, 4.69) is 36.2 Å². The minimum Gasteiger partial charge on any atom is -0.365 e.